The van der Waals surface area contributed by atoms with Crippen molar-refractivity contribution in [1.82, 2.24) is 0 Å². The smallest absolute Gasteiger partial charge is 0.323 e. The molecule has 0 spiro atoms. The van der Waals surface area contributed by atoms with Gasteiger partial charge in [0.1, 0.15) is 23.0 Å². The van der Waals surface area contributed by atoms with Crippen LogP contribution in [0, 0.1) is 13.8 Å². The summed E-state index contributed by atoms with van der Waals surface area (Å²) in [5.74, 6) is 2.67. The maximum absolute atomic E-state index is 13.7. The third-order valence-corrected chi connectivity index (χ3v) is 14.3. The predicted octanol–water partition coefficient (Wildman–Crippen LogP) is 15.7. The number of urea groups is 2. The number of anilines is 4. The Balaban J connectivity index is 1.42. The lowest BCUT2D eigenvalue weighted by atomic mass is 10.2. The van der Waals surface area contributed by atoms with Crippen LogP contribution >= 0.6 is 47.0 Å². The normalized spacial score (nSPS) is 11.8. The fourth-order valence-electron chi connectivity index (χ4n) is 6.64. The van der Waals surface area contributed by atoms with Gasteiger partial charge >= 0.3 is 12.1 Å². The molecule has 0 fully saturated rings. The second kappa shape index (κ2) is 23.8. The standard InChI is InChI=1S/C52H56N4O6S4/c1-7-29-59-45-39-13-11-15-41(45)65-49-37(55-51(57)53-35-21-17-33(5)18-22-35)26-28-44(48(49)62-32-10-4)64-40-14-12-16-42(46(40)60-30-8-2)66-50-38(25-27-43(63-39)47(50)61-31-9-3)56-52(58)54-36-23-19-34(6)20-24-36/h11-28H,7-10,29-32H2,1-6H3,(H2,53,55,57)(H2,54,56,58). The molecule has 344 valence electrons. The number of fused-ring (bicyclic) bond motifs is 8. The zero-order chi connectivity index (χ0) is 46.4. The van der Waals surface area contributed by atoms with Crippen molar-refractivity contribution in [2.75, 3.05) is 47.7 Å². The summed E-state index contributed by atoms with van der Waals surface area (Å²) in [5.41, 5.74) is 4.73. The molecule has 66 heavy (non-hydrogen) atoms. The molecule has 1 heterocycles. The van der Waals surface area contributed by atoms with Crippen LogP contribution < -0.4 is 40.2 Å². The Bertz CT molecular complexity index is 2450. The van der Waals surface area contributed by atoms with Gasteiger partial charge in [0, 0.05) is 11.4 Å². The molecule has 8 bridgehead atoms. The van der Waals surface area contributed by atoms with E-state index >= 15 is 0 Å². The molecule has 10 nitrogen and oxygen atoms in total. The minimum Gasteiger partial charge on any atom is -0.491 e. The van der Waals surface area contributed by atoms with Gasteiger partial charge in [0.05, 0.1) is 77.0 Å². The number of amides is 4. The molecule has 0 aliphatic carbocycles. The number of aryl methyl sites for hydroxylation is 2. The summed E-state index contributed by atoms with van der Waals surface area (Å²) >= 11 is 6.06. The molecule has 4 N–H and O–H groups in total. The zero-order valence-electron chi connectivity index (χ0n) is 38.1. The van der Waals surface area contributed by atoms with E-state index in [0.717, 1.165) is 76.0 Å². The van der Waals surface area contributed by atoms with Gasteiger partial charge in [-0.3, -0.25) is 0 Å². The van der Waals surface area contributed by atoms with Gasteiger partial charge in [-0.2, -0.15) is 0 Å². The highest BCUT2D eigenvalue weighted by Gasteiger charge is 2.27. The molecule has 0 radical (unpaired) electrons. The maximum Gasteiger partial charge on any atom is 0.323 e. The van der Waals surface area contributed by atoms with Crippen LogP contribution in [0.1, 0.15) is 64.5 Å². The molecule has 0 atom stereocenters. The monoisotopic (exact) mass is 960 g/mol. The number of nitrogens with one attached hydrogen (secondary N) is 4. The van der Waals surface area contributed by atoms with Crippen molar-refractivity contribution in [1.29, 1.82) is 0 Å². The van der Waals surface area contributed by atoms with E-state index in [1.165, 1.54) is 47.0 Å². The third kappa shape index (κ3) is 12.5. The van der Waals surface area contributed by atoms with Crippen LogP contribution in [0.25, 0.3) is 0 Å². The molecule has 6 aromatic carbocycles. The van der Waals surface area contributed by atoms with Gasteiger partial charge in [0.25, 0.3) is 0 Å². The van der Waals surface area contributed by atoms with Crippen molar-refractivity contribution in [3.05, 3.63) is 120 Å². The summed E-state index contributed by atoms with van der Waals surface area (Å²) in [7, 11) is 0. The largest absolute Gasteiger partial charge is 0.491 e. The number of para-hydroxylation sites is 2. The number of benzene rings is 6. The molecule has 0 saturated carbocycles. The van der Waals surface area contributed by atoms with Crippen LogP contribution in [0.3, 0.4) is 0 Å². The fraction of sp³-hybridized carbons (Fsp3) is 0.269. The summed E-state index contributed by atoms with van der Waals surface area (Å²) in [6, 6.07) is 34.7. The average Bonchev–Trinajstić information content (AvgIpc) is 3.30. The van der Waals surface area contributed by atoms with Crippen LogP contribution in [-0.4, -0.2) is 38.5 Å². The quantitative estimate of drug-likeness (QED) is 0.0745. The highest BCUT2D eigenvalue weighted by Crippen LogP contribution is 2.56. The van der Waals surface area contributed by atoms with Gasteiger partial charge in [-0.1, -0.05) is 122 Å². The fourth-order valence-corrected chi connectivity index (χ4v) is 11.2. The van der Waals surface area contributed by atoms with Gasteiger partial charge in [-0.25, -0.2) is 9.59 Å². The Morgan fingerprint density at radius 3 is 1.06 bits per heavy atom. The Morgan fingerprint density at radius 2 is 0.712 bits per heavy atom. The van der Waals surface area contributed by atoms with Crippen molar-refractivity contribution in [3.8, 4) is 23.0 Å². The van der Waals surface area contributed by atoms with E-state index in [1.807, 2.05) is 111 Å². The summed E-state index contributed by atoms with van der Waals surface area (Å²) in [6.45, 7) is 14.2. The van der Waals surface area contributed by atoms with Crippen molar-refractivity contribution >= 4 is 81.9 Å². The topological polar surface area (TPSA) is 119 Å². The van der Waals surface area contributed by atoms with E-state index in [1.54, 1.807) is 0 Å². The number of carbonyl (C=O) groups excluding carboxylic acids is 2. The van der Waals surface area contributed by atoms with Crippen LogP contribution in [-0.2, 0) is 0 Å². The summed E-state index contributed by atoms with van der Waals surface area (Å²) in [6.07, 6.45) is 3.13. The van der Waals surface area contributed by atoms with Crippen LogP contribution in [0.15, 0.2) is 148 Å². The first-order valence-electron chi connectivity index (χ1n) is 22.3. The van der Waals surface area contributed by atoms with Gasteiger partial charge in [-0.05, 0) is 112 Å². The van der Waals surface area contributed by atoms with Gasteiger partial charge < -0.3 is 40.2 Å². The maximum atomic E-state index is 13.7. The highest BCUT2D eigenvalue weighted by molar-refractivity contribution is 8.01. The third-order valence-electron chi connectivity index (χ3n) is 9.82. The molecule has 0 saturated heterocycles. The minimum atomic E-state index is -0.377. The number of carbonyl (C=O) groups is 2. The lowest BCUT2D eigenvalue weighted by Gasteiger charge is -2.24. The van der Waals surface area contributed by atoms with Crippen molar-refractivity contribution in [2.45, 2.75) is 106 Å². The van der Waals surface area contributed by atoms with Gasteiger partial charge in [0.15, 0.2) is 0 Å². The van der Waals surface area contributed by atoms with E-state index in [-0.39, 0.29) is 12.1 Å². The second-order valence-corrected chi connectivity index (χ2v) is 19.7. The molecule has 1 aliphatic heterocycles. The first-order chi connectivity index (χ1) is 32.2. The van der Waals surface area contributed by atoms with E-state index in [2.05, 4.69) is 61.1 Å². The molecule has 1 aliphatic rings. The summed E-state index contributed by atoms with van der Waals surface area (Å²) in [4.78, 5) is 34.1. The van der Waals surface area contributed by atoms with E-state index < -0.39 is 0 Å². The lowest BCUT2D eigenvalue weighted by Crippen LogP contribution is -2.20. The molecule has 0 unspecified atom stereocenters. The number of hydrogen-bond acceptors (Lipinski definition) is 10. The Labute approximate surface area is 405 Å². The van der Waals surface area contributed by atoms with Crippen LogP contribution in [0.2, 0.25) is 0 Å². The average molecular weight is 961 g/mol. The first kappa shape index (κ1) is 48.4. The lowest BCUT2D eigenvalue weighted by molar-refractivity contribution is 0.261. The van der Waals surface area contributed by atoms with Crippen molar-refractivity contribution < 1.29 is 28.5 Å². The Morgan fingerprint density at radius 1 is 0.394 bits per heavy atom. The molecule has 14 heteroatoms. The Hall–Kier alpha value is -5.54. The molecule has 0 aromatic heterocycles. The van der Waals surface area contributed by atoms with Gasteiger partial charge in [-0.15, -0.1) is 0 Å². The number of rotatable bonds is 16. The molecule has 6 aromatic rings. The first-order valence-corrected chi connectivity index (χ1v) is 25.6. The van der Waals surface area contributed by atoms with Crippen LogP contribution in [0.5, 0.6) is 23.0 Å². The SMILES string of the molecule is CCCOc1c2cccc1Sc1c(NC(=O)Nc3ccc(C)cc3)ccc(c1OCCC)Sc1cccc(c1OCCC)Sc1c(NC(=O)Nc3ccc(C)cc3)ccc(c1OCCC)S2. The Kier molecular flexibility index (Phi) is 17.4. The number of hydrogen-bond donors (Lipinski definition) is 4. The highest BCUT2D eigenvalue weighted by atomic mass is 32.2. The molecular formula is C52H56N4O6S4. The van der Waals surface area contributed by atoms with Crippen molar-refractivity contribution in [2.24, 2.45) is 0 Å². The van der Waals surface area contributed by atoms with E-state index in [9.17, 15) is 9.59 Å². The molecular weight excluding hydrogens is 905 g/mol. The van der Waals surface area contributed by atoms with Crippen molar-refractivity contribution in [3.63, 3.8) is 0 Å². The number of ether oxygens (including phenoxy) is 4. The summed E-state index contributed by atoms with van der Waals surface area (Å²) < 4.78 is 26.8. The van der Waals surface area contributed by atoms with Crippen LogP contribution in [0.4, 0.5) is 32.3 Å². The summed E-state index contributed by atoms with van der Waals surface area (Å²) in [5, 5.41) is 12.3. The zero-order valence-corrected chi connectivity index (χ0v) is 41.4. The van der Waals surface area contributed by atoms with E-state index in [0.29, 0.717) is 72.2 Å². The van der Waals surface area contributed by atoms with E-state index in [4.69, 9.17) is 18.9 Å². The molecule has 7 rings (SSSR count). The van der Waals surface area contributed by atoms with Gasteiger partial charge in [0.2, 0.25) is 0 Å². The predicted molar refractivity (Wildman–Crippen MR) is 273 cm³/mol. The molecule has 4 amide bonds. The second-order valence-electron chi connectivity index (χ2n) is 15.4. The minimum absolute atomic E-state index is 0.377.